The number of thioether (sulfide) groups is 1. The van der Waals surface area contributed by atoms with Crippen LogP contribution in [0.15, 0.2) is 78.9 Å². The highest BCUT2D eigenvalue weighted by molar-refractivity contribution is 8.02. The van der Waals surface area contributed by atoms with Gasteiger partial charge in [-0.15, -0.1) is 11.8 Å². The molecule has 4 aliphatic heterocycles. The Bertz CT molecular complexity index is 1430. The summed E-state index contributed by atoms with van der Waals surface area (Å²) in [6, 6.07) is 16.6. The number of aliphatic hydroxyl groups excluding tert-OH is 1. The van der Waals surface area contributed by atoms with Crippen LogP contribution >= 0.6 is 11.8 Å². The molecule has 1 N–H and O–H groups in total. The number of amides is 3. The maximum Gasteiger partial charge on any atom is 0.251 e. The van der Waals surface area contributed by atoms with Crippen LogP contribution in [0.25, 0.3) is 0 Å². The van der Waals surface area contributed by atoms with Crippen LogP contribution in [0.5, 0.6) is 0 Å². The van der Waals surface area contributed by atoms with E-state index in [1.165, 1.54) is 4.90 Å². The number of β-amino-alcohol motifs (C(OH)–C–C–N with tert-alkyl or cyclic N) is 1. The minimum absolute atomic E-state index is 0.0342. The normalized spacial score (nSPS) is 30.2. The van der Waals surface area contributed by atoms with Gasteiger partial charge in [0, 0.05) is 54.5 Å². The van der Waals surface area contributed by atoms with E-state index in [4.69, 9.17) is 0 Å². The van der Waals surface area contributed by atoms with Gasteiger partial charge in [-0.2, -0.15) is 0 Å². The molecule has 0 radical (unpaired) electrons. The van der Waals surface area contributed by atoms with Crippen LogP contribution in [0, 0.1) is 11.8 Å². The van der Waals surface area contributed by atoms with E-state index in [1.807, 2.05) is 79.7 Å². The second kappa shape index (κ2) is 10.9. The fourth-order valence-electron chi connectivity index (χ4n) is 7.37. The van der Waals surface area contributed by atoms with Gasteiger partial charge in [-0.3, -0.25) is 14.4 Å². The topological polar surface area (TPSA) is 84.4 Å². The summed E-state index contributed by atoms with van der Waals surface area (Å²) in [6.07, 6.45) is 8.05. The van der Waals surface area contributed by atoms with Crippen molar-refractivity contribution in [3.8, 4) is 0 Å². The zero-order valence-electron chi connectivity index (χ0n) is 24.3. The van der Waals surface area contributed by atoms with Crippen molar-refractivity contribution in [2.24, 2.45) is 11.8 Å². The molecule has 2 aromatic carbocycles. The first-order valence-corrected chi connectivity index (χ1v) is 15.6. The van der Waals surface area contributed by atoms with Gasteiger partial charge >= 0.3 is 0 Å². The number of nitrogens with zero attached hydrogens (tertiary/aromatic N) is 4. The predicted molar refractivity (Wildman–Crippen MR) is 168 cm³/mol. The standard InChI is InChI=1S/C33H38N4O4S/c1-4-34(5-2)23-13-15-25(16-14-23)36-20-10-18-33-27(30(40)37(21-22-38)28(33)31(36)41)26-29(39)35(24-11-7-6-8-12-24)19-9-17-32(26,3)42-33/h6-18,26-28,38H,4-5,19-22H2,1-3H3/t26-,27+,28?,32+,33+/m1/s1. The summed E-state index contributed by atoms with van der Waals surface area (Å²) in [7, 11) is 0. The van der Waals surface area contributed by atoms with Crippen molar-refractivity contribution in [1.29, 1.82) is 0 Å². The summed E-state index contributed by atoms with van der Waals surface area (Å²) in [5, 5.41) is 10.0. The molecule has 1 spiro atoms. The number of likely N-dealkylation sites (tertiary alicyclic amines) is 1. The number of hydrogen-bond donors (Lipinski definition) is 1. The first-order chi connectivity index (χ1) is 20.3. The lowest BCUT2D eigenvalue weighted by Gasteiger charge is -2.36. The number of para-hydroxylation sites is 1. The van der Waals surface area contributed by atoms with E-state index in [1.54, 1.807) is 21.6 Å². The van der Waals surface area contributed by atoms with Gasteiger partial charge in [0.2, 0.25) is 11.8 Å². The molecule has 8 nitrogen and oxygen atoms in total. The quantitative estimate of drug-likeness (QED) is 0.498. The number of aliphatic hydroxyl groups is 1. The van der Waals surface area contributed by atoms with Crippen molar-refractivity contribution >= 4 is 46.5 Å². The van der Waals surface area contributed by atoms with Crippen molar-refractivity contribution in [3.05, 3.63) is 78.9 Å². The van der Waals surface area contributed by atoms with Gasteiger partial charge in [-0.25, -0.2) is 0 Å². The molecule has 1 unspecified atom stereocenters. The molecule has 0 aliphatic carbocycles. The first-order valence-electron chi connectivity index (χ1n) is 14.8. The van der Waals surface area contributed by atoms with Gasteiger partial charge in [0.15, 0.2) is 0 Å². The Morgan fingerprint density at radius 3 is 2.10 bits per heavy atom. The van der Waals surface area contributed by atoms with Crippen molar-refractivity contribution < 1.29 is 19.5 Å². The molecule has 2 aromatic rings. The molecule has 4 aliphatic rings. The Kier molecular flexibility index (Phi) is 7.43. The molecule has 6 rings (SSSR count). The first kappa shape index (κ1) is 28.6. The van der Waals surface area contributed by atoms with Gasteiger partial charge in [0.25, 0.3) is 5.91 Å². The summed E-state index contributed by atoms with van der Waals surface area (Å²) in [6.45, 7) is 8.56. The Hall–Kier alpha value is -3.56. The zero-order valence-corrected chi connectivity index (χ0v) is 25.2. The maximum atomic E-state index is 14.5. The Balaban J connectivity index is 1.41. The molecule has 4 heterocycles. The number of rotatable bonds is 7. The van der Waals surface area contributed by atoms with Crippen LogP contribution in [-0.4, -0.2) is 82.6 Å². The van der Waals surface area contributed by atoms with Crippen LogP contribution in [0.3, 0.4) is 0 Å². The molecule has 2 saturated heterocycles. The zero-order chi connectivity index (χ0) is 29.6. The van der Waals surface area contributed by atoms with E-state index in [-0.39, 0.29) is 30.9 Å². The van der Waals surface area contributed by atoms with Gasteiger partial charge in [-0.05, 0) is 57.2 Å². The summed E-state index contributed by atoms with van der Waals surface area (Å²) in [5.41, 5.74) is 2.62. The third-order valence-corrected chi connectivity index (χ3v) is 11.1. The third-order valence-electron chi connectivity index (χ3n) is 9.26. The predicted octanol–water partition coefficient (Wildman–Crippen LogP) is 3.72. The minimum atomic E-state index is -0.946. The largest absolute Gasteiger partial charge is 0.395 e. The molecule has 5 atom stereocenters. The van der Waals surface area contributed by atoms with Gasteiger partial charge in [0.05, 0.1) is 23.2 Å². The second-order valence-electron chi connectivity index (χ2n) is 11.5. The Labute approximate surface area is 251 Å². The average molecular weight is 587 g/mol. The van der Waals surface area contributed by atoms with Crippen LogP contribution in [0.4, 0.5) is 17.1 Å². The molecule has 0 aromatic heterocycles. The number of benzene rings is 2. The van der Waals surface area contributed by atoms with E-state index in [0.717, 1.165) is 30.2 Å². The van der Waals surface area contributed by atoms with E-state index in [0.29, 0.717) is 13.1 Å². The molecule has 2 fully saturated rings. The van der Waals surface area contributed by atoms with Gasteiger partial charge in [0.1, 0.15) is 6.04 Å². The average Bonchev–Trinajstić information content (AvgIpc) is 3.25. The summed E-state index contributed by atoms with van der Waals surface area (Å²) < 4.78 is -1.63. The number of carbonyl (C=O) groups excluding carboxylic acids is 3. The second-order valence-corrected chi connectivity index (χ2v) is 13.3. The molecule has 220 valence electrons. The number of fused-ring (bicyclic) bond motifs is 2. The molecule has 9 heteroatoms. The monoisotopic (exact) mass is 586 g/mol. The molecule has 0 saturated carbocycles. The number of anilines is 3. The molecule has 42 heavy (non-hydrogen) atoms. The van der Waals surface area contributed by atoms with Gasteiger partial charge in [-0.1, -0.05) is 42.5 Å². The van der Waals surface area contributed by atoms with E-state index < -0.39 is 27.4 Å². The highest BCUT2D eigenvalue weighted by Gasteiger charge is 2.74. The van der Waals surface area contributed by atoms with E-state index in [2.05, 4.69) is 24.8 Å². The summed E-state index contributed by atoms with van der Waals surface area (Å²) in [4.78, 5) is 50.5. The van der Waals surface area contributed by atoms with Crippen LogP contribution in [0.1, 0.15) is 20.8 Å². The maximum absolute atomic E-state index is 14.5. The Morgan fingerprint density at radius 1 is 0.833 bits per heavy atom. The van der Waals surface area contributed by atoms with Crippen molar-refractivity contribution in [2.45, 2.75) is 36.3 Å². The highest BCUT2D eigenvalue weighted by atomic mass is 32.2. The van der Waals surface area contributed by atoms with Gasteiger partial charge < -0.3 is 24.7 Å². The highest BCUT2D eigenvalue weighted by Crippen LogP contribution is 2.65. The lowest BCUT2D eigenvalue weighted by Crippen LogP contribution is -2.54. The summed E-state index contributed by atoms with van der Waals surface area (Å²) >= 11 is 1.55. The number of hydrogen-bond acceptors (Lipinski definition) is 6. The fourth-order valence-corrected chi connectivity index (χ4v) is 9.53. The molecular weight excluding hydrogens is 548 g/mol. The van der Waals surface area contributed by atoms with Crippen molar-refractivity contribution in [1.82, 2.24) is 4.90 Å². The third kappa shape index (κ3) is 4.28. The number of carbonyl (C=O) groups is 3. The van der Waals surface area contributed by atoms with Crippen LogP contribution in [0.2, 0.25) is 0 Å². The molecule has 0 bridgehead atoms. The minimum Gasteiger partial charge on any atom is -0.395 e. The lowest BCUT2D eigenvalue weighted by atomic mass is 9.74. The van der Waals surface area contributed by atoms with Crippen LogP contribution < -0.4 is 14.7 Å². The summed E-state index contributed by atoms with van der Waals surface area (Å²) in [5.74, 6) is -1.96. The van der Waals surface area contributed by atoms with E-state index >= 15 is 0 Å². The van der Waals surface area contributed by atoms with E-state index in [9.17, 15) is 19.5 Å². The Morgan fingerprint density at radius 2 is 1.45 bits per heavy atom. The fraction of sp³-hybridized carbons (Fsp3) is 0.424. The van der Waals surface area contributed by atoms with Crippen molar-refractivity contribution in [3.63, 3.8) is 0 Å². The van der Waals surface area contributed by atoms with Crippen molar-refractivity contribution in [2.75, 3.05) is 54.0 Å². The molecule has 3 amide bonds. The molecular formula is C33H38N4O4S. The van der Waals surface area contributed by atoms with Crippen LogP contribution in [-0.2, 0) is 14.4 Å². The SMILES string of the molecule is CCN(CC)c1ccc(N2CC=C[C@]34S[C@@]5(C)C=CCN(c6ccccc6)C(=O)[C@H]5[C@H]3C(=O)N(CCO)C4C2=O)cc1. The smallest absolute Gasteiger partial charge is 0.251 e. The lowest BCUT2D eigenvalue weighted by molar-refractivity contribution is -0.139.